The van der Waals surface area contributed by atoms with Crippen molar-refractivity contribution >= 4 is 17.8 Å². The van der Waals surface area contributed by atoms with Crippen molar-refractivity contribution in [2.75, 3.05) is 13.2 Å². The molecule has 2 aliphatic rings. The fraction of sp³-hybridized carbons (Fsp3) is 0.783. The minimum Gasteiger partial charge on any atom is -0.463 e. The van der Waals surface area contributed by atoms with Crippen molar-refractivity contribution in [1.29, 1.82) is 0 Å². The molecule has 0 radical (unpaired) electrons. The van der Waals surface area contributed by atoms with Crippen LogP contribution >= 0.6 is 0 Å². The van der Waals surface area contributed by atoms with E-state index >= 15 is 0 Å². The third kappa shape index (κ3) is 9.28. The minimum atomic E-state index is -0.488. The first kappa shape index (κ1) is 24.4. The monoisotopic (exact) mass is 422 g/mol. The Morgan fingerprint density at radius 1 is 1.23 bits per heavy atom. The molecule has 1 aliphatic carbocycles. The van der Waals surface area contributed by atoms with Gasteiger partial charge in [0.2, 0.25) is 11.8 Å². The van der Waals surface area contributed by atoms with E-state index in [1.165, 1.54) is 19.3 Å². The zero-order valence-electron chi connectivity index (χ0n) is 18.2. The molecule has 0 unspecified atom stereocenters. The maximum atomic E-state index is 13.0. The number of nitrogens with one attached hydrogen (secondary N) is 2. The van der Waals surface area contributed by atoms with Gasteiger partial charge in [0, 0.05) is 18.9 Å². The van der Waals surface area contributed by atoms with Crippen molar-refractivity contribution in [2.24, 2.45) is 11.8 Å². The van der Waals surface area contributed by atoms with E-state index in [2.05, 4.69) is 10.6 Å². The third-order valence-corrected chi connectivity index (χ3v) is 5.96. The lowest BCUT2D eigenvalue weighted by Crippen LogP contribution is -2.45. The SMILES string of the molecule is C[C@@H](CO)NC(=O)C[C@H]1CC=CCCCC(=O)OC[C@H](CC2CCCCC2)NC1=O. The number of aliphatic hydroxyl groups is 1. The average molecular weight is 423 g/mol. The zero-order valence-corrected chi connectivity index (χ0v) is 18.2. The molecule has 2 amide bonds. The molecule has 7 nitrogen and oxygen atoms in total. The van der Waals surface area contributed by atoms with E-state index in [0.717, 1.165) is 25.7 Å². The normalized spacial score (nSPS) is 25.8. The van der Waals surface area contributed by atoms with Crippen LogP contribution in [-0.2, 0) is 19.1 Å². The number of esters is 1. The first-order valence-corrected chi connectivity index (χ1v) is 11.5. The molecule has 7 heteroatoms. The topological polar surface area (TPSA) is 105 Å². The molecule has 0 aromatic heterocycles. The van der Waals surface area contributed by atoms with Crippen LogP contribution < -0.4 is 10.6 Å². The molecule has 3 N–H and O–H groups in total. The van der Waals surface area contributed by atoms with Crippen LogP contribution in [0.3, 0.4) is 0 Å². The molecule has 1 fully saturated rings. The quantitative estimate of drug-likeness (QED) is 0.451. The maximum absolute atomic E-state index is 13.0. The predicted octanol–water partition coefficient (Wildman–Crippen LogP) is 2.62. The molecular formula is C23H38N2O5. The summed E-state index contributed by atoms with van der Waals surface area (Å²) in [6, 6.07) is -0.569. The second kappa shape index (κ2) is 13.4. The van der Waals surface area contributed by atoms with Gasteiger partial charge in [0.15, 0.2) is 0 Å². The number of carbonyl (C=O) groups excluding carboxylic acids is 3. The number of hydrogen-bond acceptors (Lipinski definition) is 5. The number of cyclic esters (lactones) is 1. The lowest BCUT2D eigenvalue weighted by molar-refractivity contribution is -0.145. The van der Waals surface area contributed by atoms with Gasteiger partial charge in [-0.2, -0.15) is 0 Å². The number of rotatable bonds is 6. The van der Waals surface area contributed by atoms with Gasteiger partial charge in [-0.15, -0.1) is 0 Å². The van der Waals surface area contributed by atoms with Crippen LogP contribution in [-0.4, -0.2) is 48.2 Å². The van der Waals surface area contributed by atoms with Crippen LogP contribution in [0, 0.1) is 11.8 Å². The Kier molecular flexibility index (Phi) is 10.9. The smallest absolute Gasteiger partial charge is 0.305 e. The number of aliphatic hydroxyl groups excluding tert-OH is 1. The summed E-state index contributed by atoms with van der Waals surface area (Å²) in [5, 5.41) is 14.9. The standard InChI is InChI=1S/C23H38N2O5/c1-17(15-26)24-21(27)14-19-11-7-2-3-8-12-22(28)30-16-20(25-23(19)29)13-18-9-5-4-6-10-18/h2,7,17-20,26H,3-6,8-16H2,1H3,(H,24,27)(H,25,29)/t17-,19+,20-/m0/s1. The summed E-state index contributed by atoms with van der Waals surface area (Å²) in [5.74, 6) is -0.602. The molecule has 2 rings (SSSR count). The highest BCUT2D eigenvalue weighted by Gasteiger charge is 2.27. The summed E-state index contributed by atoms with van der Waals surface area (Å²) in [6.07, 6.45) is 13.0. The average Bonchev–Trinajstić information content (AvgIpc) is 2.74. The highest BCUT2D eigenvalue weighted by Crippen LogP contribution is 2.27. The molecule has 0 aromatic rings. The van der Waals surface area contributed by atoms with Gasteiger partial charge in [-0.25, -0.2) is 0 Å². The van der Waals surface area contributed by atoms with Gasteiger partial charge in [0.05, 0.1) is 18.6 Å². The molecule has 1 heterocycles. The fourth-order valence-electron chi connectivity index (χ4n) is 4.21. The number of ether oxygens (including phenoxy) is 1. The highest BCUT2D eigenvalue weighted by atomic mass is 16.5. The summed E-state index contributed by atoms with van der Waals surface area (Å²) in [4.78, 5) is 37.3. The summed E-state index contributed by atoms with van der Waals surface area (Å²) in [5.41, 5.74) is 0. The molecule has 30 heavy (non-hydrogen) atoms. The Balaban J connectivity index is 2.05. The Bertz CT molecular complexity index is 586. The van der Waals surface area contributed by atoms with Crippen LogP contribution in [0.4, 0.5) is 0 Å². The van der Waals surface area contributed by atoms with Crippen molar-refractivity contribution in [1.82, 2.24) is 10.6 Å². The van der Waals surface area contributed by atoms with Crippen molar-refractivity contribution in [3.8, 4) is 0 Å². The molecule has 170 valence electrons. The van der Waals surface area contributed by atoms with Crippen LogP contribution in [0.2, 0.25) is 0 Å². The highest BCUT2D eigenvalue weighted by molar-refractivity contribution is 5.86. The lowest BCUT2D eigenvalue weighted by Gasteiger charge is -2.28. The summed E-state index contributed by atoms with van der Waals surface area (Å²) in [6.45, 7) is 1.77. The summed E-state index contributed by atoms with van der Waals surface area (Å²) in [7, 11) is 0. The molecule has 0 bridgehead atoms. The first-order valence-electron chi connectivity index (χ1n) is 11.5. The molecule has 3 atom stereocenters. The van der Waals surface area contributed by atoms with Crippen molar-refractivity contribution < 1.29 is 24.2 Å². The van der Waals surface area contributed by atoms with Gasteiger partial charge < -0.3 is 20.5 Å². The second-order valence-corrected chi connectivity index (χ2v) is 8.78. The Hall–Kier alpha value is -1.89. The fourth-order valence-corrected chi connectivity index (χ4v) is 4.21. The Labute approximate surface area is 180 Å². The van der Waals surface area contributed by atoms with E-state index in [1.807, 2.05) is 12.2 Å². The largest absolute Gasteiger partial charge is 0.463 e. The zero-order chi connectivity index (χ0) is 21.8. The lowest BCUT2D eigenvalue weighted by atomic mass is 9.84. The number of amides is 2. The van der Waals surface area contributed by atoms with Crippen molar-refractivity contribution in [3.63, 3.8) is 0 Å². The van der Waals surface area contributed by atoms with Crippen LogP contribution in [0.15, 0.2) is 12.2 Å². The predicted molar refractivity (Wildman–Crippen MR) is 114 cm³/mol. The van der Waals surface area contributed by atoms with Gasteiger partial charge in [-0.1, -0.05) is 44.3 Å². The third-order valence-electron chi connectivity index (χ3n) is 5.96. The van der Waals surface area contributed by atoms with Crippen molar-refractivity contribution in [3.05, 3.63) is 12.2 Å². The maximum Gasteiger partial charge on any atom is 0.305 e. The van der Waals surface area contributed by atoms with Crippen LogP contribution in [0.5, 0.6) is 0 Å². The van der Waals surface area contributed by atoms with E-state index in [9.17, 15) is 14.4 Å². The molecule has 1 saturated carbocycles. The van der Waals surface area contributed by atoms with E-state index < -0.39 is 5.92 Å². The molecule has 0 spiro atoms. The molecule has 0 saturated heterocycles. The Morgan fingerprint density at radius 2 is 2.00 bits per heavy atom. The molecular weight excluding hydrogens is 384 g/mol. The van der Waals surface area contributed by atoms with Crippen LogP contribution in [0.1, 0.15) is 77.6 Å². The van der Waals surface area contributed by atoms with Crippen molar-refractivity contribution in [2.45, 2.75) is 89.6 Å². The van der Waals surface area contributed by atoms with Crippen LogP contribution in [0.25, 0.3) is 0 Å². The minimum absolute atomic E-state index is 0.0659. The summed E-state index contributed by atoms with van der Waals surface area (Å²) >= 11 is 0. The Morgan fingerprint density at radius 3 is 2.73 bits per heavy atom. The number of carbonyl (C=O) groups is 3. The number of hydrogen-bond donors (Lipinski definition) is 3. The van der Waals surface area contributed by atoms with E-state index in [-0.39, 0.29) is 49.5 Å². The number of allylic oxidation sites excluding steroid dienone is 2. The molecule has 0 aromatic carbocycles. The summed E-state index contributed by atoms with van der Waals surface area (Å²) < 4.78 is 5.46. The first-order chi connectivity index (χ1) is 14.5. The van der Waals surface area contributed by atoms with Gasteiger partial charge in [-0.3, -0.25) is 14.4 Å². The van der Waals surface area contributed by atoms with Gasteiger partial charge >= 0.3 is 5.97 Å². The van der Waals surface area contributed by atoms with E-state index in [0.29, 0.717) is 25.2 Å². The van der Waals surface area contributed by atoms with Gasteiger partial charge in [0.1, 0.15) is 6.61 Å². The van der Waals surface area contributed by atoms with Gasteiger partial charge in [0.25, 0.3) is 0 Å². The molecule has 1 aliphatic heterocycles. The second-order valence-electron chi connectivity index (χ2n) is 8.78. The van der Waals surface area contributed by atoms with Gasteiger partial charge in [-0.05, 0) is 38.5 Å². The van der Waals surface area contributed by atoms with E-state index in [1.54, 1.807) is 6.92 Å². The van der Waals surface area contributed by atoms with E-state index in [4.69, 9.17) is 9.84 Å².